The van der Waals surface area contributed by atoms with Gasteiger partial charge in [0.25, 0.3) is 0 Å². The monoisotopic (exact) mass is 254 g/mol. The fourth-order valence-corrected chi connectivity index (χ4v) is 2.46. The summed E-state index contributed by atoms with van der Waals surface area (Å²) in [5, 5.41) is 2.15. The molecule has 1 heterocycles. The number of rotatable bonds is 1. The van der Waals surface area contributed by atoms with Crippen LogP contribution in [0.3, 0.4) is 0 Å². The molecule has 2 aromatic rings. The van der Waals surface area contributed by atoms with Gasteiger partial charge in [-0.2, -0.15) is 4.57 Å². The van der Waals surface area contributed by atoms with Gasteiger partial charge >= 0.3 is 3.92 Å². The van der Waals surface area contributed by atoms with Crippen molar-refractivity contribution in [3.8, 4) is 11.3 Å². The van der Waals surface area contributed by atoms with Crippen molar-refractivity contribution >= 4 is 27.3 Å². The van der Waals surface area contributed by atoms with E-state index in [2.05, 4.69) is 57.2 Å². The van der Waals surface area contributed by atoms with Crippen LogP contribution < -0.4 is 4.57 Å². The summed E-state index contributed by atoms with van der Waals surface area (Å²) in [6.07, 6.45) is 0. The number of aromatic nitrogens is 1. The van der Waals surface area contributed by atoms with Crippen molar-refractivity contribution in [3.63, 3.8) is 0 Å². The summed E-state index contributed by atoms with van der Waals surface area (Å²) >= 11 is 5.20. The molecule has 0 amide bonds. The largest absolute Gasteiger partial charge is 0.305 e. The molecular weight excluding hydrogens is 246 g/mol. The molecule has 0 saturated heterocycles. The third-order valence-electron chi connectivity index (χ3n) is 1.96. The van der Waals surface area contributed by atoms with Gasteiger partial charge < -0.3 is 0 Å². The Morgan fingerprint density at radius 3 is 2.46 bits per heavy atom. The third-order valence-corrected chi connectivity index (χ3v) is 3.86. The third kappa shape index (κ3) is 1.67. The molecule has 0 aliphatic rings. The van der Waals surface area contributed by atoms with E-state index in [-0.39, 0.29) is 0 Å². The summed E-state index contributed by atoms with van der Waals surface area (Å²) in [5.74, 6) is 0. The lowest BCUT2D eigenvalue weighted by atomic mass is 10.2. The second-order valence-corrected chi connectivity index (χ2v) is 4.93. The lowest BCUT2D eigenvalue weighted by Gasteiger charge is -1.93. The minimum Gasteiger partial charge on any atom is -0.179 e. The van der Waals surface area contributed by atoms with E-state index in [1.165, 1.54) is 11.3 Å². The minimum absolute atomic E-state index is 1.14. The lowest BCUT2D eigenvalue weighted by molar-refractivity contribution is -0.666. The molecule has 0 aliphatic heterocycles. The highest BCUT2D eigenvalue weighted by atomic mass is 79.9. The van der Waals surface area contributed by atoms with Gasteiger partial charge in [-0.1, -0.05) is 29.5 Å². The smallest absolute Gasteiger partial charge is 0.179 e. The first-order chi connectivity index (χ1) is 6.29. The van der Waals surface area contributed by atoms with Gasteiger partial charge in [0.1, 0.15) is 7.05 Å². The first kappa shape index (κ1) is 8.91. The zero-order valence-corrected chi connectivity index (χ0v) is 9.60. The molecule has 66 valence electrons. The van der Waals surface area contributed by atoms with Crippen molar-refractivity contribution < 1.29 is 4.57 Å². The van der Waals surface area contributed by atoms with E-state index in [0.29, 0.717) is 0 Å². The highest BCUT2D eigenvalue weighted by molar-refractivity contribution is 9.11. The Bertz CT molecular complexity index is 408. The molecule has 0 atom stereocenters. The van der Waals surface area contributed by atoms with Gasteiger partial charge in [0, 0.05) is 21.5 Å². The standard InChI is InChI=1S/C10H9BrNS/c1-12-9(7-13-10(12)11)8-5-3-2-4-6-8/h2-7H,1H3/q+1. The Morgan fingerprint density at radius 1 is 1.23 bits per heavy atom. The molecule has 0 fully saturated rings. The highest BCUT2D eigenvalue weighted by Crippen LogP contribution is 2.21. The fourth-order valence-electron chi connectivity index (χ4n) is 1.23. The normalized spacial score (nSPS) is 10.3. The Labute approximate surface area is 89.8 Å². The average Bonchev–Trinajstić information content (AvgIpc) is 2.49. The molecule has 1 aromatic carbocycles. The van der Waals surface area contributed by atoms with Crippen molar-refractivity contribution in [3.05, 3.63) is 39.6 Å². The molecule has 3 heteroatoms. The minimum atomic E-state index is 1.14. The molecule has 0 spiro atoms. The molecule has 0 bridgehead atoms. The Hall–Kier alpha value is -0.670. The molecule has 0 aliphatic carbocycles. The van der Waals surface area contributed by atoms with E-state index in [1.807, 2.05) is 6.07 Å². The fraction of sp³-hybridized carbons (Fsp3) is 0.100. The molecule has 0 radical (unpaired) electrons. The zero-order chi connectivity index (χ0) is 9.26. The number of nitrogens with zero attached hydrogens (tertiary/aromatic N) is 1. The van der Waals surface area contributed by atoms with E-state index in [9.17, 15) is 0 Å². The Morgan fingerprint density at radius 2 is 1.92 bits per heavy atom. The molecule has 1 nitrogen and oxygen atoms in total. The predicted molar refractivity (Wildman–Crippen MR) is 58.6 cm³/mol. The average molecular weight is 255 g/mol. The van der Waals surface area contributed by atoms with Gasteiger partial charge in [0.2, 0.25) is 5.69 Å². The van der Waals surface area contributed by atoms with Crippen molar-refractivity contribution in [1.82, 2.24) is 0 Å². The van der Waals surface area contributed by atoms with Gasteiger partial charge in [-0.25, -0.2) is 0 Å². The van der Waals surface area contributed by atoms with Gasteiger partial charge in [-0.05, 0) is 12.1 Å². The molecule has 13 heavy (non-hydrogen) atoms. The number of hydrogen-bond acceptors (Lipinski definition) is 1. The van der Waals surface area contributed by atoms with E-state index < -0.39 is 0 Å². The number of benzene rings is 1. The second-order valence-electron chi connectivity index (χ2n) is 2.80. The van der Waals surface area contributed by atoms with E-state index in [1.54, 1.807) is 11.3 Å². The first-order valence-electron chi connectivity index (χ1n) is 3.97. The van der Waals surface area contributed by atoms with Crippen molar-refractivity contribution in [2.45, 2.75) is 0 Å². The summed E-state index contributed by atoms with van der Waals surface area (Å²) in [5.41, 5.74) is 2.50. The maximum absolute atomic E-state index is 3.49. The second kappa shape index (κ2) is 3.60. The summed E-state index contributed by atoms with van der Waals surface area (Å²) in [7, 11) is 2.06. The van der Waals surface area contributed by atoms with E-state index in [0.717, 1.165) is 3.92 Å². The van der Waals surface area contributed by atoms with Gasteiger partial charge in [0.05, 0.1) is 5.38 Å². The maximum atomic E-state index is 3.49. The van der Waals surface area contributed by atoms with Crippen molar-refractivity contribution in [2.24, 2.45) is 7.05 Å². The van der Waals surface area contributed by atoms with Crippen LogP contribution in [0.4, 0.5) is 0 Å². The number of hydrogen-bond donors (Lipinski definition) is 0. The van der Waals surface area contributed by atoms with E-state index in [4.69, 9.17) is 0 Å². The van der Waals surface area contributed by atoms with Crippen LogP contribution in [0.25, 0.3) is 11.3 Å². The van der Waals surface area contributed by atoms with Crippen molar-refractivity contribution in [2.75, 3.05) is 0 Å². The van der Waals surface area contributed by atoms with Gasteiger partial charge in [0.15, 0.2) is 0 Å². The molecule has 0 saturated carbocycles. The highest BCUT2D eigenvalue weighted by Gasteiger charge is 2.14. The van der Waals surface area contributed by atoms with Crippen LogP contribution in [0.2, 0.25) is 0 Å². The summed E-state index contributed by atoms with van der Waals surface area (Å²) < 4.78 is 3.28. The topological polar surface area (TPSA) is 3.88 Å². The Balaban J connectivity index is 2.53. The molecular formula is C10H9BrNS+. The SMILES string of the molecule is C[n+]1c(-c2ccccc2)csc1Br. The van der Waals surface area contributed by atoms with Crippen LogP contribution in [0.5, 0.6) is 0 Å². The van der Waals surface area contributed by atoms with Crippen LogP contribution in [-0.4, -0.2) is 0 Å². The predicted octanol–water partition coefficient (Wildman–Crippen LogP) is 3.00. The Kier molecular flexibility index (Phi) is 2.47. The lowest BCUT2D eigenvalue weighted by Crippen LogP contribution is -2.29. The summed E-state index contributed by atoms with van der Waals surface area (Å²) in [6, 6.07) is 10.4. The summed E-state index contributed by atoms with van der Waals surface area (Å²) in [6.45, 7) is 0. The van der Waals surface area contributed by atoms with Crippen molar-refractivity contribution in [1.29, 1.82) is 0 Å². The molecule has 1 aromatic heterocycles. The van der Waals surface area contributed by atoms with Crippen LogP contribution in [0.15, 0.2) is 39.6 Å². The van der Waals surface area contributed by atoms with Crippen LogP contribution >= 0.6 is 27.3 Å². The first-order valence-corrected chi connectivity index (χ1v) is 5.65. The zero-order valence-electron chi connectivity index (χ0n) is 7.20. The molecule has 0 unspecified atom stereocenters. The van der Waals surface area contributed by atoms with Gasteiger partial charge in [-0.3, -0.25) is 0 Å². The van der Waals surface area contributed by atoms with Crippen LogP contribution in [0, 0.1) is 0 Å². The number of halogens is 1. The van der Waals surface area contributed by atoms with Crippen LogP contribution in [-0.2, 0) is 7.05 Å². The van der Waals surface area contributed by atoms with E-state index >= 15 is 0 Å². The quantitative estimate of drug-likeness (QED) is 0.690. The number of thiazole rings is 1. The maximum Gasteiger partial charge on any atom is 0.305 e. The van der Waals surface area contributed by atoms with Crippen LogP contribution in [0.1, 0.15) is 0 Å². The van der Waals surface area contributed by atoms with Gasteiger partial charge in [-0.15, -0.1) is 0 Å². The molecule has 0 N–H and O–H groups in total. The summed E-state index contributed by atoms with van der Waals surface area (Å²) in [4.78, 5) is 0. The molecule has 2 rings (SSSR count).